The molecule has 1 aromatic heterocycles. The fourth-order valence-corrected chi connectivity index (χ4v) is 1.26. The quantitative estimate of drug-likeness (QED) is 0.733. The number of carbonyl (C=O) groups is 1. The van der Waals surface area contributed by atoms with Gasteiger partial charge >= 0.3 is 0 Å². The number of carbonyl (C=O) groups excluding carboxylic acids is 1. The first-order valence-corrected chi connectivity index (χ1v) is 5.04. The monoisotopic (exact) mass is 231 g/mol. The lowest BCUT2D eigenvalue weighted by molar-refractivity contribution is -0.121. The van der Waals surface area contributed by atoms with Crippen molar-refractivity contribution >= 4 is 17.5 Å². The number of hydrogen-bond acceptors (Lipinski definition) is 3. The number of aromatic nitrogens is 2. The molecule has 0 spiro atoms. The molecule has 0 aromatic carbocycles. The first-order valence-electron chi connectivity index (χ1n) is 4.66. The SMILES string of the molecule is COCCCNC(=O)Cn1ccnc1Cl. The number of rotatable bonds is 6. The maximum absolute atomic E-state index is 11.4. The van der Waals surface area contributed by atoms with E-state index in [1.165, 1.54) is 0 Å². The molecule has 0 aliphatic carbocycles. The van der Waals surface area contributed by atoms with Crippen molar-refractivity contribution in [3.05, 3.63) is 17.7 Å². The minimum Gasteiger partial charge on any atom is -0.385 e. The van der Waals surface area contributed by atoms with Crippen LogP contribution in [0.15, 0.2) is 12.4 Å². The lowest BCUT2D eigenvalue weighted by Crippen LogP contribution is -2.28. The summed E-state index contributed by atoms with van der Waals surface area (Å²) in [4.78, 5) is 15.2. The van der Waals surface area contributed by atoms with Crippen LogP contribution < -0.4 is 5.32 Å². The van der Waals surface area contributed by atoms with Gasteiger partial charge in [-0.05, 0) is 18.0 Å². The molecule has 84 valence electrons. The summed E-state index contributed by atoms with van der Waals surface area (Å²) in [5.41, 5.74) is 0. The van der Waals surface area contributed by atoms with Gasteiger partial charge in [-0.1, -0.05) is 0 Å². The van der Waals surface area contributed by atoms with Gasteiger partial charge in [0.15, 0.2) is 0 Å². The number of hydrogen-bond donors (Lipinski definition) is 1. The summed E-state index contributed by atoms with van der Waals surface area (Å²) in [5.74, 6) is -0.0778. The summed E-state index contributed by atoms with van der Waals surface area (Å²) in [6, 6.07) is 0. The lowest BCUT2D eigenvalue weighted by Gasteiger charge is -2.05. The zero-order valence-corrected chi connectivity index (χ0v) is 9.33. The second kappa shape index (κ2) is 6.42. The van der Waals surface area contributed by atoms with Crippen molar-refractivity contribution in [3.8, 4) is 0 Å². The number of ether oxygens (including phenoxy) is 1. The molecule has 5 nitrogen and oxygen atoms in total. The number of nitrogens with zero attached hydrogens (tertiary/aromatic N) is 2. The van der Waals surface area contributed by atoms with E-state index in [0.717, 1.165) is 6.42 Å². The molecule has 6 heteroatoms. The van der Waals surface area contributed by atoms with Crippen LogP contribution in [-0.2, 0) is 16.1 Å². The third-order valence-electron chi connectivity index (χ3n) is 1.83. The predicted octanol–water partition coefficient (Wildman–Crippen LogP) is 0.689. The fourth-order valence-electron chi connectivity index (χ4n) is 1.08. The Morgan fingerprint density at radius 2 is 2.53 bits per heavy atom. The van der Waals surface area contributed by atoms with Crippen LogP contribution >= 0.6 is 11.6 Å². The minimum absolute atomic E-state index is 0.0778. The second-order valence-electron chi connectivity index (χ2n) is 3.02. The number of amides is 1. The van der Waals surface area contributed by atoms with Crippen LogP contribution in [0.2, 0.25) is 5.28 Å². The number of methoxy groups -OCH3 is 1. The first kappa shape index (κ1) is 12.0. The standard InChI is InChI=1S/C9H14ClN3O2/c1-15-6-2-3-11-8(14)7-13-5-4-12-9(13)10/h4-5H,2-3,6-7H2,1H3,(H,11,14). The van der Waals surface area contributed by atoms with Crippen LogP contribution in [0.3, 0.4) is 0 Å². The lowest BCUT2D eigenvalue weighted by atomic mass is 10.4. The van der Waals surface area contributed by atoms with Gasteiger partial charge in [0.25, 0.3) is 0 Å². The van der Waals surface area contributed by atoms with E-state index in [9.17, 15) is 4.79 Å². The summed E-state index contributed by atoms with van der Waals surface area (Å²) in [5, 5.41) is 3.08. The van der Waals surface area contributed by atoms with Crippen LogP contribution in [0.5, 0.6) is 0 Å². The molecule has 1 amide bonds. The minimum atomic E-state index is -0.0778. The van der Waals surface area contributed by atoms with E-state index in [1.807, 2.05) is 0 Å². The zero-order chi connectivity index (χ0) is 11.1. The third kappa shape index (κ3) is 4.31. The smallest absolute Gasteiger partial charge is 0.240 e. The van der Waals surface area contributed by atoms with Gasteiger partial charge in [0.05, 0.1) is 0 Å². The van der Waals surface area contributed by atoms with Crippen molar-refractivity contribution in [1.29, 1.82) is 0 Å². The Labute approximate surface area is 93.4 Å². The molecular formula is C9H14ClN3O2. The highest BCUT2D eigenvalue weighted by Crippen LogP contribution is 2.03. The fraction of sp³-hybridized carbons (Fsp3) is 0.556. The van der Waals surface area contributed by atoms with Crippen LogP contribution in [0.1, 0.15) is 6.42 Å². The van der Waals surface area contributed by atoms with Gasteiger partial charge in [-0.15, -0.1) is 0 Å². The van der Waals surface area contributed by atoms with E-state index in [-0.39, 0.29) is 12.5 Å². The highest BCUT2D eigenvalue weighted by atomic mass is 35.5. The molecular weight excluding hydrogens is 218 g/mol. The van der Waals surface area contributed by atoms with E-state index in [1.54, 1.807) is 24.1 Å². The number of halogens is 1. The number of imidazole rings is 1. The molecule has 0 saturated carbocycles. The Morgan fingerprint density at radius 1 is 1.73 bits per heavy atom. The van der Waals surface area contributed by atoms with Crippen LogP contribution in [0.4, 0.5) is 0 Å². The van der Waals surface area contributed by atoms with Crippen molar-refractivity contribution in [2.24, 2.45) is 0 Å². The van der Waals surface area contributed by atoms with E-state index in [2.05, 4.69) is 10.3 Å². The summed E-state index contributed by atoms with van der Waals surface area (Å²) in [6.45, 7) is 1.46. The largest absolute Gasteiger partial charge is 0.385 e. The van der Waals surface area contributed by atoms with Crippen molar-refractivity contribution in [2.45, 2.75) is 13.0 Å². The Bertz CT molecular complexity index is 314. The Balaban J connectivity index is 2.22. The van der Waals surface area contributed by atoms with Crippen molar-refractivity contribution in [2.75, 3.05) is 20.3 Å². The summed E-state index contributed by atoms with van der Waals surface area (Å²) in [6.07, 6.45) is 4.03. The molecule has 0 atom stereocenters. The van der Waals surface area contributed by atoms with Gasteiger partial charge in [-0.3, -0.25) is 4.79 Å². The molecule has 0 saturated heterocycles. The molecule has 1 N–H and O–H groups in total. The Kier molecular flexibility index (Phi) is 5.14. The zero-order valence-electron chi connectivity index (χ0n) is 8.57. The maximum Gasteiger partial charge on any atom is 0.240 e. The molecule has 0 bridgehead atoms. The molecule has 15 heavy (non-hydrogen) atoms. The molecule has 0 radical (unpaired) electrons. The van der Waals surface area contributed by atoms with Crippen LogP contribution in [0, 0.1) is 0 Å². The normalized spacial score (nSPS) is 10.3. The first-order chi connectivity index (χ1) is 7.24. The van der Waals surface area contributed by atoms with Crippen LogP contribution in [-0.4, -0.2) is 35.7 Å². The highest BCUT2D eigenvalue weighted by Gasteiger charge is 2.04. The Morgan fingerprint density at radius 3 is 3.13 bits per heavy atom. The van der Waals surface area contributed by atoms with Gasteiger partial charge < -0.3 is 14.6 Å². The summed E-state index contributed by atoms with van der Waals surface area (Å²) < 4.78 is 6.44. The van der Waals surface area contributed by atoms with E-state index in [4.69, 9.17) is 16.3 Å². The second-order valence-corrected chi connectivity index (χ2v) is 3.36. The van der Waals surface area contributed by atoms with Gasteiger partial charge in [-0.25, -0.2) is 4.98 Å². The molecule has 0 fully saturated rings. The molecule has 1 aromatic rings. The van der Waals surface area contributed by atoms with Crippen LogP contribution in [0.25, 0.3) is 0 Å². The van der Waals surface area contributed by atoms with Gasteiger partial charge in [-0.2, -0.15) is 0 Å². The molecule has 1 heterocycles. The van der Waals surface area contributed by atoms with E-state index in [0.29, 0.717) is 18.4 Å². The molecule has 0 unspecified atom stereocenters. The Hall–Kier alpha value is -1.07. The van der Waals surface area contributed by atoms with E-state index < -0.39 is 0 Å². The average Bonchev–Trinajstić information content (AvgIpc) is 2.59. The van der Waals surface area contributed by atoms with Gasteiger partial charge in [0.1, 0.15) is 6.54 Å². The van der Waals surface area contributed by atoms with Crippen molar-refractivity contribution in [1.82, 2.24) is 14.9 Å². The highest BCUT2D eigenvalue weighted by molar-refractivity contribution is 6.28. The third-order valence-corrected chi connectivity index (χ3v) is 2.14. The number of nitrogens with one attached hydrogen (secondary N) is 1. The molecule has 0 aliphatic rings. The van der Waals surface area contributed by atoms with Gasteiger partial charge in [0.2, 0.25) is 11.2 Å². The van der Waals surface area contributed by atoms with E-state index >= 15 is 0 Å². The molecule has 0 aliphatic heterocycles. The van der Waals surface area contributed by atoms with Crippen molar-refractivity contribution < 1.29 is 9.53 Å². The van der Waals surface area contributed by atoms with Crippen molar-refractivity contribution in [3.63, 3.8) is 0 Å². The summed E-state index contributed by atoms with van der Waals surface area (Å²) in [7, 11) is 1.63. The molecule has 1 rings (SSSR count). The average molecular weight is 232 g/mol. The van der Waals surface area contributed by atoms with Gasteiger partial charge in [0, 0.05) is 32.7 Å². The predicted molar refractivity (Wildman–Crippen MR) is 56.7 cm³/mol. The summed E-state index contributed by atoms with van der Waals surface area (Å²) >= 11 is 5.72. The topological polar surface area (TPSA) is 56.1 Å². The maximum atomic E-state index is 11.4.